The van der Waals surface area contributed by atoms with Gasteiger partial charge in [0.05, 0.1) is 34.8 Å². The molecule has 2 aromatic carbocycles. The summed E-state index contributed by atoms with van der Waals surface area (Å²) in [6, 6.07) is 13.0. The van der Waals surface area contributed by atoms with Crippen molar-refractivity contribution in [2.24, 2.45) is 5.92 Å². The Morgan fingerprint density at radius 1 is 1.12 bits per heavy atom. The molecule has 0 saturated carbocycles. The topological polar surface area (TPSA) is 137 Å². The minimum Gasteiger partial charge on any atom is -0.455 e. The fourth-order valence-corrected chi connectivity index (χ4v) is 6.30. The summed E-state index contributed by atoms with van der Waals surface area (Å²) in [6.07, 6.45) is 0.771. The molecule has 0 spiro atoms. The minimum atomic E-state index is -3.73. The predicted octanol–water partition coefficient (Wildman–Crippen LogP) is 2.74. The second kappa shape index (κ2) is 13.4. The molecule has 13 heteroatoms. The number of hydrogen-bond acceptors (Lipinski definition) is 9. The zero-order valence-electron chi connectivity index (χ0n) is 22.4. The highest BCUT2D eigenvalue weighted by atomic mass is 32.2. The Labute approximate surface area is 236 Å². The van der Waals surface area contributed by atoms with Crippen LogP contribution in [0.1, 0.15) is 20.3 Å². The molecule has 2 heterocycles. The molecule has 214 valence electrons. The Hall–Kier alpha value is -3.26. The third kappa shape index (κ3) is 7.47. The van der Waals surface area contributed by atoms with Gasteiger partial charge in [0.15, 0.2) is 11.8 Å². The lowest BCUT2D eigenvalue weighted by atomic mass is 10.1. The highest BCUT2D eigenvalue weighted by molar-refractivity contribution is 7.99. The van der Waals surface area contributed by atoms with Gasteiger partial charge in [0.2, 0.25) is 10.0 Å². The van der Waals surface area contributed by atoms with Crippen LogP contribution in [0.25, 0.3) is 10.9 Å². The zero-order chi connectivity index (χ0) is 28.7. The summed E-state index contributed by atoms with van der Waals surface area (Å²) < 4.78 is 39.0. The lowest BCUT2D eigenvalue weighted by Crippen LogP contribution is -2.40. The SMILES string of the molecule is CC(C)CCn1c(SCC(=O)OCC(=O)Nc2cccc(S(=O)(=O)N3CCOCC3)c2)nc2ccccc2c1=O. The van der Waals surface area contributed by atoms with Gasteiger partial charge in [0.25, 0.3) is 11.5 Å². The number of rotatable bonds is 11. The number of morpholine rings is 1. The molecule has 1 saturated heterocycles. The fourth-order valence-electron chi connectivity index (χ4n) is 4.02. The van der Waals surface area contributed by atoms with Crippen molar-refractivity contribution in [3.63, 3.8) is 0 Å². The maximum atomic E-state index is 13.1. The minimum absolute atomic E-state index is 0.0481. The fraction of sp³-hybridized carbons (Fsp3) is 0.407. The van der Waals surface area contributed by atoms with E-state index in [9.17, 15) is 22.8 Å². The van der Waals surface area contributed by atoms with E-state index in [0.717, 1.165) is 18.2 Å². The third-order valence-electron chi connectivity index (χ3n) is 6.17. The Kier molecular flexibility index (Phi) is 9.95. The van der Waals surface area contributed by atoms with Gasteiger partial charge in [0, 0.05) is 25.3 Å². The van der Waals surface area contributed by atoms with E-state index in [2.05, 4.69) is 24.1 Å². The van der Waals surface area contributed by atoms with Crippen molar-refractivity contribution in [1.29, 1.82) is 0 Å². The number of para-hydroxylation sites is 1. The number of ether oxygens (including phenoxy) is 2. The van der Waals surface area contributed by atoms with Crippen molar-refractivity contribution in [3.05, 3.63) is 58.9 Å². The number of esters is 1. The first-order valence-electron chi connectivity index (χ1n) is 12.9. The molecule has 4 rings (SSSR count). The van der Waals surface area contributed by atoms with Gasteiger partial charge in [-0.2, -0.15) is 4.31 Å². The summed E-state index contributed by atoms with van der Waals surface area (Å²) in [5.74, 6) is -1.04. The Balaban J connectivity index is 1.34. The quantitative estimate of drug-likeness (QED) is 0.204. The van der Waals surface area contributed by atoms with E-state index in [1.54, 1.807) is 34.9 Å². The summed E-state index contributed by atoms with van der Waals surface area (Å²) >= 11 is 1.08. The van der Waals surface area contributed by atoms with Crippen LogP contribution in [-0.4, -0.2) is 72.8 Å². The van der Waals surface area contributed by atoms with E-state index in [1.807, 2.05) is 0 Å². The molecule has 0 bridgehead atoms. The third-order valence-corrected chi connectivity index (χ3v) is 9.01. The predicted molar refractivity (Wildman–Crippen MR) is 152 cm³/mol. The van der Waals surface area contributed by atoms with Crippen molar-refractivity contribution in [1.82, 2.24) is 13.9 Å². The normalized spacial score (nSPS) is 14.4. The van der Waals surface area contributed by atoms with Gasteiger partial charge in [-0.3, -0.25) is 19.0 Å². The molecule has 0 aliphatic carbocycles. The number of thioether (sulfide) groups is 1. The molecule has 1 aliphatic heterocycles. The van der Waals surface area contributed by atoms with Crippen molar-refractivity contribution in [3.8, 4) is 0 Å². The van der Waals surface area contributed by atoms with Gasteiger partial charge in [-0.1, -0.05) is 43.8 Å². The standard InChI is InChI=1S/C27H32N4O7S2/c1-19(2)10-11-31-26(34)22-8-3-4-9-23(22)29-27(31)39-18-25(33)38-17-24(32)28-20-6-5-7-21(16-20)40(35,36)30-12-14-37-15-13-30/h3-9,16,19H,10-15,17-18H2,1-2H3,(H,28,32). The number of nitrogens with one attached hydrogen (secondary N) is 1. The number of carbonyl (C=O) groups excluding carboxylic acids is 2. The lowest BCUT2D eigenvalue weighted by molar-refractivity contribution is -0.144. The number of benzene rings is 2. The number of hydrogen-bond donors (Lipinski definition) is 1. The zero-order valence-corrected chi connectivity index (χ0v) is 24.0. The number of sulfonamides is 1. The van der Waals surface area contributed by atoms with E-state index < -0.39 is 28.5 Å². The first-order valence-corrected chi connectivity index (χ1v) is 15.3. The van der Waals surface area contributed by atoms with Crippen LogP contribution < -0.4 is 10.9 Å². The van der Waals surface area contributed by atoms with E-state index >= 15 is 0 Å². The molecule has 3 aromatic rings. The number of nitrogens with zero attached hydrogens (tertiary/aromatic N) is 3. The first kappa shape index (κ1) is 29.7. The lowest BCUT2D eigenvalue weighted by Gasteiger charge is -2.26. The van der Waals surface area contributed by atoms with Crippen LogP contribution in [0, 0.1) is 5.92 Å². The maximum Gasteiger partial charge on any atom is 0.316 e. The number of carbonyl (C=O) groups is 2. The second-order valence-electron chi connectivity index (χ2n) is 9.59. The van der Waals surface area contributed by atoms with Crippen LogP contribution in [0.3, 0.4) is 0 Å². The summed E-state index contributed by atoms with van der Waals surface area (Å²) in [5, 5.41) is 3.48. The van der Waals surface area contributed by atoms with E-state index in [0.29, 0.717) is 41.7 Å². The maximum absolute atomic E-state index is 13.1. The highest BCUT2D eigenvalue weighted by Crippen LogP contribution is 2.21. The molecule has 1 fully saturated rings. The molecule has 1 amide bonds. The summed E-state index contributed by atoms with van der Waals surface area (Å²) in [6.45, 7) is 5.21. The molecule has 0 unspecified atom stereocenters. The number of fused-ring (bicyclic) bond motifs is 1. The van der Waals surface area contributed by atoms with Gasteiger partial charge in [-0.05, 0) is 42.7 Å². The molecule has 1 N–H and O–H groups in total. The Morgan fingerprint density at radius 3 is 2.62 bits per heavy atom. The van der Waals surface area contributed by atoms with E-state index in [4.69, 9.17) is 9.47 Å². The molecule has 0 atom stereocenters. The van der Waals surface area contributed by atoms with Crippen molar-refractivity contribution in [2.45, 2.75) is 36.9 Å². The summed E-state index contributed by atoms with van der Waals surface area (Å²) in [5.41, 5.74) is 0.639. The highest BCUT2D eigenvalue weighted by Gasteiger charge is 2.26. The van der Waals surface area contributed by atoms with Crippen LogP contribution in [0.5, 0.6) is 0 Å². The number of anilines is 1. The smallest absolute Gasteiger partial charge is 0.316 e. The Morgan fingerprint density at radius 2 is 1.88 bits per heavy atom. The average molecular weight is 589 g/mol. The van der Waals surface area contributed by atoms with Crippen molar-refractivity contribution >= 4 is 50.3 Å². The van der Waals surface area contributed by atoms with Crippen LogP contribution in [0.4, 0.5) is 5.69 Å². The van der Waals surface area contributed by atoms with Crippen LogP contribution in [0.15, 0.2) is 63.4 Å². The summed E-state index contributed by atoms with van der Waals surface area (Å²) in [4.78, 5) is 42.5. The monoisotopic (exact) mass is 588 g/mol. The first-order chi connectivity index (χ1) is 19.1. The van der Waals surface area contributed by atoms with Gasteiger partial charge >= 0.3 is 5.97 Å². The van der Waals surface area contributed by atoms with Gasteiger partial charge in [0.1, 0.15) is 0 Å². The van der Waals surface area contributed by atoms with Gasteiger partial charge in [-0.15, -0.1) is 0 Å². The van der Waals surface area contributed by atoms with Crippen LogP contribution >= 0.6 is 11.8 Å². The molecule has 40 heavy (non-hydrogen) atoms. The number of amides is 1. The summed E-state index contributed by atoms with van der Waals surface area (Å²) in [7, 11) is -3.73. The van der Waals surface area contributed by atoms with Crippen LogP contribution in [-0.2, 0) is 35.6 Å². The Bertz CT molecular complexity index is 1530. The van der Waals surface area contributed by atoms with Crippen molar-refractivity contribution in [2.75, 3.05) is 44.0 Å². The largest absolute Gasteiger partial charge is 0.455 e. The van der Waals surface area contributed by atoms with Crippen LogP contribution in [0.2, 0.25) is 0 Å². The number of aromatic nitrogens is 2. The molecule has 0 radical (unpaired) electrons. The van der Waals surface area contributed by atoms with Gasteiger partial charge < -0.3 is 14.8 Å². The molecular formula is C27H32N4O7S2. The molecule has 1 aliphatic rings. The van der Waals surface area contributed by atoms with Crippen molar-refractivity contribution < 1.29 is 27.5 Å². The molecule has 1 aromatic heterocycles. The average Bonchev–Trinajstić information content (AvgIpc) is 2.95. The molecule has 11 nitrogen and oxygen atoms in total. The second-order valence-corrected chi connectivity index (χ2v) is 12.5. The van der Waals surface area contributed by atoms with Gasteiger partial charge in [-0.25, -0.2) is 13.4 Å². The molecular weight excluding hydrogens is 556 g/mol. The van der Waals surface area contributed by atoms with E-state index in [-0.39, 0.29) is 35.0 Å². The van der Waals surface area contributed by atoms with E-state index in [1.165, 1.54) is 22.5 Å².